The van der Waals surface area contributed by atoms with E-state index in [2.05, 4.69) is 10.6 Å². The van der Waals surface area contributed by atoms with Crippen LogP contribution in [0.4, 0.5) is 11.4 Å². The van der Waals surface area contributed by atoms with Gasteiger partial charge < -0.3 is 10.6 Å². The fourth-order valence-corrected chi connectivity index (χ4v) is 2.94. The van der Waals surface area contributed by atoms with Gasteiger partial charge in [-0.15, -0.1) is 0 Å². The lowest BCUT2D eigenvalue weighted by Crippen LogP contribution is -2.15. The summed E-state index contributed by atoms with van der Waals surface area (Å²) in [6, 6.07) is 20.9. The number of anilines is 2. The average Bonchev–Trinajstić information content (AvgIpc) is 2.74. The summed E-state index contributed by atoms with van der Waals surface area (Å²) in [6.45, 7) is 3.51. The number of para-hydroxylation sites is 1. The molecule has 0 saturated heterocycles. The molecule has 3 rings (SSSR count). The van der Waals surface area contributed by atoms with Gasteiger partial charge in [0.05, 0.1) is 0 Å². The van der Waals surface area contributed by atoms with E-state index in [1.54, 1.807) is 48.5 Å². The van der Waals surface area contributed by atoms with E-state index in [-0.39, 0.29) is 17.6 Å². The Kier molecular flexibility index (Phi) is 6.19. The van der Waals surface area contributed by atoms with Crippen molar-refractivity contribution in [3.8, 4) is 0 Å². The molecule has 0 spiro atoms. The van der Waals surface area contributed by atoms with Gasteiger partial charge in [0.1, 0.15) is 0 Å². The fraction of sp³-hybridized carbons (Fsp3) is 0.125. The minimum Gasteiger partial charge on any atom is -0.322 e. The average molecular weight is 386 g/mol. The van der Waals surface area contributed by atoms with Gasteiger partial charge >= 0.3 is 0 Å². The lowest BCUT2D eigenvalue weighted by molar-refractivity contribution is 0.101. The van der Waals surface area contributed by atoms with E-state index in [0.717, 1.165) is 17.7 Å². The minimum atomic E-state index is -0.311. The second kappa shape index (κ2) is 8.97. The number of carbonyl (C=O) groups is 3. The van der Waals surface area contributed by atoms with Crippen molar-refractivity contribution >= 4 is 29.0 Å². The number of benzene rings is 3. The molecule has 0 saturated carbocycles. The maximum absolute atomic E-state index is 12.5. The van der Waals surface area contributed by atoms with Crippen molar-refractivity contribution in [3.63, 3.8) is 0 Å². The molecular formula is C24H22N2O3. The molecule has 0 unspecified atom stereocenters. The molecule has 0 aliphatic rings. The Labute approximate surface area is 169 Å². The third-order valence-electron chi connectivity index (χ3n) is 4.58. The molecule has 2 N–H and O–H groups in total. The monoisotopic (exact) mass is 386 g/mol. The lowest BCUT2D eigenvalue weighted by Gasteiger charge is -2.10. The first-order chi connectivity index (χ1) is 14.0. The van der Waals surface area contributed by atoms with Gasteiger partial charge in [-0.3, -0.25) is 14.4 Å². The van der Waals surface area contributed by atoms with Crippen LogP contribution in [-0.4, -0.2) is 17.6 Å². The SMILES string of the molecule is CCc1ccccc1NC(=O)c1ccc(C(=O)Nc2cccc(C(C)=O)c2)cc1. The summed E-state index contributed by atoms with van der Waals surface area (Å²) < 4.78 is 0. The zero-order chi connectivity index (χ0) is 20.8. The summed E-state index contributed by atoms with van der Waals surface area (Å²) >= 11 is 0. The number of carbonyl (C=O) groups excluding carboxylic acids is 3. The molecule has 0 radical (unpaired) electrons. The van der Waals surface area contributed by atoms with Gasteiger partial charge in [-0.25, -0.2) is 0 Å². The van der Waals surface area contributed by atoms with Crippen LogP contribution in [0.5, 0.6) is 0 Å². The number of rotatable bonds is 6. The standard InChI is InChI=1S/C24H22N2O3/c1-3-17-7-4-5-10-22(17)26-24(29)19-13-11-18(12-14-19)23(28)25-21-9-6-8-20(15-21)16(2)27/h4-15H,3H2,1-2H3,(H,25,28)(H,26,29). The van der Waals surface area contributed by atoms with Crippen LogP contribution >= 0.6 is 0 Å². The molecule has 5 heteroatoms. The van der Waals surface area contributed by atoms with Crippen molar-refractivity contribution in [2.75, 3.05) is 10.6 Å². The summed E-state index contributed by atoms with van der Waals surface area (Å²) in [6.07, 6.45) is 0.820. The van der Waals surface area contributed by atoms with E-state index < -0.39 is 0 Å². The van der Waals surface area contributed by atoms with Crippen molar-refractivity contribution in [1.82, 2.24) is 0 Å². The number of Topliss-reactive ketones (excluding diaryl/α,β-unsaturated/α-hetero) is 1. The van der Waals surface area contributed by atoms with Crippen molar-refractivity contribution in [2.24, 2.45) is 0 Å². The van der Waals surface area contributed by atoms with Gasteiger partial charge in [0, 0.05) is 28.1 Å². The normalized spacial score (nSPS) is 10.3. The van der Waals surface area contributed by atoms with Crippen molar-refractivity contribution < 1.29 is 14.4 Å². The topological polar surface area (TPSA) is 75.3 Å². The Morgan fingerprint density at radius 2 is 1.34 bits per heavy atom. The Morgan fingerprint density at radius 3 is 1.97 bits per heavy atom. The summed E-state index contributed by atoms with van der Waals surface area (Å²) in [5.41, 5.74) is 3.80. The maximum Gasteiger partial charge on any atom is 0.255 e. The third-order valence-corrected chi connectivity index (χ3v) is 4.58. The first-order valence-electron chi connectivity index (χ1n) is 9.39. The summed E-state index contributed by atoms with van der Waals surface area (Å²) in [5, 5.41) is 5.68. The van der Waals surface area contributed by atoms with Crippen molar-refractivity contribution in [2.45, 2.75) is 20.3 Å². The Bertz CT molecular complexity index is 1060. The summed E-state index contributed by atoms with van der Waals surface area (Å²) in [4.78, 5) is 36.4. The van der Waals surface area contributed by atoms with E-state index >= 15 is 0 Å². The third kappa shape index (κ3) is 4.96. The Balaban J connectivity index is 1.69. The molecule has 0 atom stereocenters. The molecule has 0 fully saturated rings. The van der Waals surface area contributed by atoms with Gasteiger partial charge in [-0.05, 0) is 61.4 Å². The highest BCUT2D eigenvalue weighted by atomic mass is 16.2. The second-order valence-corrected chi connectivity index (χ2v) is 6.63. The smallest absolute Gasteiger partial charge is 0.255 e. The second-order valence-electron chi connectivity index (χ2n) is 6.63. The van der Waals surface area contributed by atoms with Crippen molar-refractivity contribution in [1.29, 1.82) is 0 Å². The van der Waals surface area contributed by atoms with Gasteiger partial charge in [0.2, 0.25) is 0 Å². The highest BCUT2D eigenvalue weighted by Crippen LogP contribution is 2.17. The predicted molar refractivity (Wildman–Crippen MR) is 115 cm³/mol. The predicted octanol–water partition coefficient (Wildman–Crippen LogP) is 4.96. The molecule has 0 bridgehead atoms. The van der Waals surface area contributed by atoms with E-state index in [0.29, 0.717) is 22.4 Å². The van der Waals surface area contributed by atoms with Crippen LogP contribution in [0.1, 0.15) is 50.5 Å². The first-order valence-corrected chi connectivity index (χ1v) is 9.39. The van der Waals surface area contributed by atoms with Crippen LogP contribution < -0.4 is 10.6 Å². The number of hydrogen-bond acceptors (Lipinski definition) is 3. The molecule has 0 aliphatic heterocycles. The molecule has 146 valence electrons. The lowest BCUT2D eigenvalue weighted by atomic mass is 10.1. The van der Waals surface area contributed by atoms with Crippen LogP contribution in [0.2, 0.25) is 0 Å². The van der Waals surface area contributed by atoms with E-state index in [9.17, 15) is 14.4 Å². The van der Waals surface area contributed by atoms with Gasteiger partial charge in [0.25, 0.3) is 11.8 Å². The number of amides is 2. The number of hydrogen-bond donors (Lipinski definition) is 2. The largest absolute Gasteiger partial charge is 0.322 e. The minimum absolute atomic E-state index is 0.0684. The first kappa shape index (κ1) is 20.0. The molecule has 3 aromatic carbocycles. The zero-order valence-corrected chi connectivity index (χ0v) is 16.4. The Hall–Kier alpha value is -3.73. The molecule has 29 heavy (non-hydrogen) atoms. The molecule has 3 aromatic rings. The number of ketones is 1. The van der Waals surface area contributed by atoms with Gasteiger partial charge in [0.15, 0.2) is 5.78 Å². The highest BCUT2D eigenvalue weighted by molar-refractivity contribution is 6.07. The zero-order valence-electron chi connectivity index (χ0n) is 16.4. The molecule has 0 aromatic heterocycles. The molecular weight excluding hydrogens is 364 g/mol. The van der Waals surface area contributed by atoms with Gasteiger partial charge in [-0.1, -0.05) is 37.3 Å². The summed E-state index contributed by atoms with van der Waals surface area (Å²) in [5.74, 6) is -0.609. The van der Waals surface area contributed by atoms with Crippen molar-refractivity contribution in [3.05, 3.63) is 95.1 Å². The Morgan fingerprint density at radius 1 is 0.724 bits per heavy atom. The van der Waals surface area contributed by atoms with E-state index in [4.69, 9.17) is 0 Å². The maximum atomic E-state index is 12.5. The summed E-state index contributed by atoms with van der Waals surface area (Å²) in [7, 11) is 0. The molecule has 2 amide bonds. The number of aryl methyl sites for hydroxylation is 1. The van der Waals surface area contributed by atoms with E-state index in [1.165, 1.54) is 6.92 Å². The van der Waals surface area contributed by atoms with Crippen LogP contribution in [0.25, 0.3) is 0 Å². The number of nitrogens with one attached hydrogen (secondary N) is 2. The fourth-order valence-electron chi connectivity index (χ4n) is 2.94. The molecule has 5 nitrogen and oxygen atoms in total. The quantitative estimate of drug-likeness (QED) is 0.588. The highest BCUT2D eigenvalue weighted by Gasteiger charge is 2.11. The molecule has 0 aliphatic carbocycles. The van der Waals surface area contributed by atoms with E-state index in [1.807, 2.05) is 31.2 Å². The van der Waals surface area contributed by atoms with Crippen LogP contribution in [0.15, 0.2) is 72.8 Å². The van der Waals surface area contributed by atoms with Crippen LogP contribution in [-0.2, 0) is 6.42 Å². The van der Waals surface area contributed by atoms with Crippen LogP contribution in [0.3, 0.4) is 0 Å². The van der Waals surface area contributed by atoms with Crippen LogP contribution in [0, 0.1) is 0 Å². The van der Waals surface area contributed by atoms with Gasteiger partial charge in [-0.2, -0.15) is 0 Å². The molecule has 0 heterocycles.